The van der Waals surface area contributed by atoms with E-state index >= 15 is 0 Å². The number of carbonyl (C=O) groups is 1. The number of carbonyl (C=O) groups excluding carboxylic acids is 1. The highest BCUT2D eigenvalue weighted by Crippen LogP contribution is 2.13. The van der Waals surface area contributed by atoms with E-state index < -0.39 is 24.8 Å². The van der Waals surface area contributed by atoms with Gasteiger partial charge in [0.05, 0.1) is 18.4 Å². The van der Waals surface area contributed by atoms with Crippen molar-refractivity contribution in [3.05, 3.63) is 23.6 Å². The largest absolute Gasteiger partial charge is 0.374 e. The number of alkyl halides is 2. The smallest absolute Gasteiger partial charge is 0.261 e. The van der Waals surface area contributed by atoms with Crippen LogP contribution in [0.4, 0.5) is 19.0 Å². The third-order valence-corrected chi connectivity index (χ3v) is 2.42. The maximum Gasteiger partial charge on any atom is 0.261 e. The Hall–Kier alpha value is -1.83. The second-order valence-electron chi connectivity index (χ2n) is 4.20. The van der Waals surface area contributed by atoms with Crippen molar-refractivity contribution >= 4 is 11.7 Å². The number of nitrogens with zero attached hydrogens (tertiary/aromatic N) is 1. The molecule has 2 N–H and O–H groups in total. The van der Waals surface area contributed by atoms with Gasteiger partial charge in [0.2, 0.25) is 0 Å². The van der Waals surface area contributed by atoms with Crippen LogP contribution >= 0.6 is 0 Å². The lowest BCUT2D eigenvalue weighted by Crippen LogP contribution is -2.29. The van der Waals surface area contributed by atoms with Crippen LogP contribution in [0.25, 0.3) is 0 Å². The van der Waals surface area contributed by atoms with E-state index in [1.807, 2.05) is 6.92 Å². The summed E-state index contributed by atoms with van der Waals surface area (Å²) < 4.78 is 41.5. The summed E-state index contributed by atoms with van der Waals surface area (Å²) in [6, 6.07) is 1.07. The SMILES string of the molecule is CCCNc1ncc(F)cc1C(=O)NCCOCC(F)F. The lowest BCUT2D eigenvalue weighted by atomic mass is 10.2. The number of halogens is 3. The standard InChI is InChI=1S/C13H18F3N3O2/c1-2-3-17-12-10(6-9(14)7-19-12)13(20)18-4-5-21-8-11(15)16/h6-7,11H,2-5,8H2,1H3,(H,17,19)(H,18,20). The fourth-order valence-corrected chi connectivity index (χ4v) is 1.50. The molecular formula is C13H18F3N3O2. The lowest BCUT2D eigenvalue weighted by molar-refractivity contribution is 0.0188. The van der Waals surface area contributed by atoms with Crippen molar-refractivity contribution in [2.45, 2.75) is 19.8 Å². The number of aromatic nitrogens is 1. The molecule has 1 aromatic rings. The summed E-state index contributed by atoms with van der Waals surface area (Å²) in [5, 5.41) is 5.38. The third-order valence-electron chi connectivity index (χ3n) is 2.42. The van der Waals surface area contributed by atoms with Crippen molar-refractivity contribution in [3.8, 4) is 0 Å². The van der Waals surface area contributed by atoms with Gasteiger partial charge < -0.3 is 15.4 Å². The Morgan fingerprint density at radius 2 is 2.19 bits per heavy atom. The van der Waals surface area contributed by atoms with Gasteiger partial charge >= 0.3 is 0 Å². The van der Waals surface area contributed by atoms with Crippen LogP contribution in [0, 0.1) is 5.82 Å². The number of nitrogens with one attached hydrogen (secondary N) is 2. The molecule has 8 heteroatoms. The van der Waals surface area contributed by atoms with Crippen LogP contribution < -0.4 is 10.6 Å². The van der Waals surface area contributed by atoms with Crippen LogP contribution in [0.1, 0.15) is 23.7 Å². The van der Waals surface area contributed by atoms with E-state index in [0.717, 1.165) is 18.7 Å². The van der Waals surface area contributed by atoms with Gasteiger partial charge in [-0.25, -0.2) is 18.2 Å². The van der Waals surface area contributed by atoms with Crippen molar-refractivity contribution in [3.63, 3.8) is 0 Å². The molecule has 1 aromatic heterocycles. The fraction of sp³-hybridized carbons (Fsp3) is 0.538. The van der Waals surface area contributed by atoms with Gasteiger partial charge in [0.15, 0.2) is 0 Å². The van der Waals surface area contributed by atoms with Gasteiger partial charge in [-0.3, -0.25) is 4.79 Å². The van der Waals surface area contributed by atoms with E-state index in [1.54, 1.807) is 0 Å². The quantitative estimate of drug-likeness (QED) is 0.686. The van der Waals surface area contributed by atoms with E-state index in [1.165, 1.54) is 0 Å². The van der Waals surface area contributed by atoms with Crippen molar-refractivity contribution in [2.24, 2.45) is 0 Å². The maximum absolute atomic E-state index is 13.2. The molecule has 0 bridgehead atoms. The van der Waals surface area contributed by atoms with Crippen LogP contribution in [0.3, 0.4) is 0 Å². The van der Waals surface area contributed by atoms with Crippen molar-refractivity contribution in [2.75, 3.05) is 31.6 Å². The van der Waals surface area contributed by atoms with E-state index in [2.05, 4.69) is 20.4 Å². The first-order valence-corrected chi connectivity index (χ1v) is 6.58. The minimum Gasteiger partial charge on any atom is -0.374 e. The zero-order valence-electron chi connectivity index (χ0n) is 11.7. The van der Waals surface area contributed by atoms with Gasteiger partial charge in [-0.1, -0.05) is 6.92 Å². The van der Waals surface area contributed by atoms with E-state index in [4.69, 9.17) is 0 Å². The van der Waals surface area contributed by atoms with Gasteiger partial charge in [0.1, 0.15) is 18.2 Å². The van der Waals surface area contributed by atoms with Crippen LogP contribution in [0.5, 0.6) is 0 Å². The molecule has 0 radical (unpaired) electrons. The Kier molecular flexibility index (Phi) is 7.52. The van der Waals surface area contributed by atoms with Crippen LogP contribution in [-0.2, 0) is 4.74 Å². The molecule has 0 aliphatic rings. The van der Waals surface area contributed by atoms with Gasteiger partial charge in [-0.15, -0.1) is 0 Å². The Bertz CT molecular complexity index is 458. The molecule has 0 saturated heterocycles. The molecule has 0 aliphatic carbocycles. The number of rotatable bonds is 9. The molecule has 0 aromatic carbocycles. The number of pyridine rings is 1. The molecule has 21 heavy (non-hydrogen) atoms. The maximum atomic E-state index is 13.2. The zero-order chi connectivity index (χ0) is 15.7. The van der Waals surface area contributed by atoms with Gasteiger partial charge in [0.25, 0.3) is 12.3 Å². The van der Waals surface area contributed by atoms with Crippen LogP contribution in [0.15, 0.2) is 12.3 Å². The molecule has 0 aliphatic heterocycles. The van der Waals surface area contributed by atoms with E-state index in [9.17, 15) is 18.0 Å². The second-order valence-corrected chi connectivity index (χ2v) is 4.20. The summed E-state index contributed by atoms with van der Waals surface area (Å²) in [5.41, 5.74) is 0.0670. The highest BCUT2D eigenvalue weighted by atomic mass is 19.3. The fourth-order valence-electron chi connectivity index (χ4n) is 1.50. The van der Waals surface area contributed by atoms with Crippen LogP contribution in [0.2, 0.25) is 0 Å². The normalized spacial score (nSPS) is 10.7. The molecule has 0 saturated carbocycles. The van der Waals surface area contributed by atoms with Crippen molar-refractivity contribution in [1.29, 1.82) is 0 Å². The predicted octanol–water partition coefficient (Wildman–Crippen LogP) is 2.05. The Balaban J connectivity index is 2.53. The zero-order valence-corrected chi connectivity index (χ0v) is 11.7. The molecule has 5 nitrogen and oxygen atoms in total. The minimum atomic E-state index is -2.54. The molecule has 0 atom stereocenters. The molecule has 118 valence electrons. The first kappa shape index (κ1) is 17.2. The summed E-state index contributed by atoms with van der Waals surface area (Å²) in [6.07, 6.45) is -0.708. The molecule has 0 spiro atoms. The Morgan fingerprint density at radius 1 is 1.43 bits per heavy atom. The molecule has 1 amide bonds. The highest BCUT2D eigenvalue weighted by molar-refractivity contribution is 5.98. The monoisotopic (exact) mass is 305 g/mol. The second kappa shape index (κ2) is 9.17. The number of hydrogen-bond acceptors (Lipinski definition) is 4. The van der Waals surface area contributed by atoms with E-state index in [0.29, 0.717) is 6.54 Å². The number of anilines is 1. The molecule has 1 rings (SSSR count). The highest BCUT2D eigenvalue weighted by Gasteiger charge is 2.13. The van der Waals surface area contributed by atoms with Crippen LogP contribution in [-0.4, -0.2) is 43.6 Å². The summed E-state index contributed by atoms with van der Waals surface area (Å²) in [5.74, 6) is -0.887. The third kappa shape index (κ3) is 6.44. The lowest BCUT2D eigenvalue weighted by Gasteiger charge is -2.11. The Labute approximate surface area is 120 Å². The first-order chi connectivity index (χ1) is 10.0. The number of ether oxygens (including phenoxy) is 1. The van der Waals surface area contributed by atoms with Gasteiger partial charge in [-0.05, 0) is 12.5 Å². The number of hydrogen-bond donors (Lipinski definition) is 2. The summed E-state index contributed by atoms with van der Waals surface area (Å²) in [7, 11) is 0. The first-order valence-electron chi connectivity index (χ1n) is 6.58. The topological polar surface area (TPSA) is 63.2 Å². The summed E-state index contributed by atoms with van der Waals surface area (Å²) in [4.78, 5) is 15.7. The van der Waals surface area contributed by atoms with Gasteiger partial charge in [-0.2, -0.15) is 0 Å². The average molecular weight is 305 g/mol. The van der Waals surface area contributed by atoms with E-state index in [-0.39, 0.29) is 24.5 Å². The average Bonchev–Trinajstić information content (AvgIpc) is 2.45. The molecule has 0 fully saturated rings. The number of amides is 1. The molecule has 0 unspecified atom stereocenters. The minimum absolute atomic E-state index is 0.0451. The molecular weight excluding hydrogens is 287 g/mol. The summed E-state index contributed by atoms with van der Waals surface area (Å²) in [6.45, 7) is 1.86. The summed E-state index contributed by atoms with van der Waals surface area (Å²) >= 11 is 0. The predicted molar refractivity (Wildman–Crippen MR) is 72.1 cm³/mol. The van der Waals surface area contributed by atoms with Gasteiger partial charge in [0, 0.05) is 13.1 Å². The Morgan fingerprint density at radius 3 is 2.86 bits per heavy atom. The van der Waals surface area contributed by atoms with Crippen molar-refractivity contribution < 1.29 is 22.7 Å². The molecule has 1 heterocycles. The van der Waals surface area contributed by atoms with Crippen molar-refractivity contribution in [1.82, 2.24) is 10.3 Å².